The van der Waals surface area contributed by atoms with Gasteiger partial charge in [0, 0.05) is 104 Å². The first-order chi connectivity index (χ1) is 48.7. The highest BCUT2D eigenvalue weighted by Crippen LogP contribution is 2.19. The fourth-order valence-electron chi connectivity index (χ4n) is 6.97. The summed E-state index contributed by atoms with van der Waals surface area (Å²) in [5, 5.41) is 37.3. The lowest BCUT2D eigenvalue weighted by Gasteiger charge is -2.04. The maximum absolute atomic E-state index is 4.46. The van der Waals surface area contributed by atoms with Crippen molar-refractivity contribution >= 4 is 5.71 Å². The van der Waals surface area contributed by atoms with E-state index in [9.17, 15) is 0 Å². The Bertz CT molecular complexity index is 2780. The number of pyridine rings is 1. The normalized spacial score (nSPS) is 11.3. The molecule has 8 aromatic rings. The summed E-state index contributed by atoms with van der Waals surface area (Å²) in [4.78, 5) is 18.1. The van der Waals surface area contributed by atoms with Crippen molar-refractivity contribution in [3.05, 3.63) is 157 Å². The molecule has 9 heterocycles. The molecule has 0 bridgehead atoms. The lowest BCUT2D eigenvalue weighted by Crippen LogP contribution is -2.05. The van der Waals surface area contributed by atoms with E-state index in [1.165, 1.54) is 22.5 Å². The largest absolute Gasteiger partial charge is 0.285 e. The van der Waals surface area contributed by atoms with Crippen molar-refractivity contribution in [2.75, 3.05) is 6.54 Å². The van der Waals surface area contributed by atoms with Crippen molar-refractivity contribution < 1.29 is 0 Å². The Morgan fingerprint density at radius 1 is 0.314 bits per heavy atom. The molecule has 1 aliphatic rings. The van der Waals surface area contributed by atoms with Crippen LogP contribution in [0.15, 0.2) is 127 Å². The maximum Gasteiger partial charge on any atom is 0.130 e. The van der Waals surface area contributed by atoms with Gasteiger partial charge in [0.1, 0.15) is 5.82 Å². The lowest BCUT2D eigenvalue weighted by molar-refractivity contribution is 0.461. The van der Waals surface area contributed by atoms with Crippen LogP contribution >= 0.6 is 0 Å². The Morgan fingerprint density at radius 3 is 0.943 bits per heavy atom. The molecular weight excluding hydrogens is 1300 g/mol. The Morgan fingerprint density at radius 2 is 0.743 bits per heavy atom. The third-order valence-electron chi connectivity index (χ3n) is 13.3. The Kier molecular flexibility index (Phi) is 59.2. The van der Waals surface area contributed by atoms with Gasteiger partial charge in [-0.05, 0) is 196 Å². The molecule has 8 aromatic heterocycles. The van der Waals surface area contributed by atoms with E-state index in [0.29, 0.717) is 83.6 Å². The maximum atomic E-state index is 4.46. The minimum absolute atomic E-state index is 0.363. The smallest absolute Gasteiger partial charge is 0.130 e. The van der Waals surface area contributed by atoms with Gasteiger partial charge in [-0.2, -0.15) is 30.3 Å². The molecule has 9 rings (SSSR count). The zero-order valence-electron chi connectivity index (χ0n) is 74.6. The number of aromatic nitrogens is 18. The van der Waals surface area contributed by atoms with Crippen LogP contribution in [0, 0.1) is 35.5 Å². The number of hydrogen-bond acceptors (Lipinski definition) is 13. The van der Waals surface area contributed by atoms with Gasteiger partial charge in [-0.15, -0.1) is 10.2 Å². The Balaban J connectivity index is -0.000000534. The van der Waals surface area contributed by atoms with Crippen molar-refractivity contribution in [2.24, 2.45) is 40.5 Å². The molecule has 598 valence electrons. The van der Waals surface area contributed by atoms with E-state index in [0.717, 1.165) is 53.1 Å². The van der Waals surface area contributed by atoms with Crippen LogP contribution < -0.4 is 0 Å². The van der Waals surface area contributed by atoms with E-state index < -0.39 is 0 Å². The molecule has 105 heavy (non-hydrogen) atoms. The first kappa shape index (κ1) is 104. The van der Waals surface area contributed by atoms with Gasteiger partial charge in [-0.3, -0.25) is 24.0 Å². The van der Waals surface area contributed by atoms with Crippen LogP contribution in [-0.2, 0) is 0 Å². The second kappa shape index (κ2) is 59.8. The molecule has 0 amide bonds. The summed E-state index contributed by atoms with van der Waals surface area (Å²) in [6.45, 7) is 86.6. The molecule has 0 atom stereocenters. The topological polar surface area (TPSA) is 197 Å². The summed E-state index contributed by atoms with van der Waals surface area (Å²) in [6, 6.07) is 14.2. The quantitative estimate of drug-likeness (QED) is 0.100. The van der Waals surface area contributed by atoms with Crippen molar-refractivity contribution in [3.8, 4) is 0 Å². The molecular formula is C86H159N19. The predicted molar refractivity (Wildman–Crippen MR) is 452 cm³/mol. The highest BCUT2D eigenvalue weighted by atomic mass is 15.5. The molecule has 19 heteroatoms. The van der Waals surface area contributed by atoms with E-state index in [1.807, 2.05) is 90.9 Å². The molecule has 0 aliphatic carbocycles. The second-order valence-corrected chi connectivity index (χ2v) is 33.1. The average Bonchev–Trinajstić information content (AvgIpc) is 1.74. The first-order valence-electron chi connectivity index (χ1n) is 39.4. The molecule has 0 saturated carbocycles. The van der Waals surface area contributed by atoms with Gasteiger partial charge in [0.15, 0.2) is 0 Å². The van der Waals surface area contributed by atoms with Crippen LogP contribution in [0.5, 0.6) is 0 Å². The predicted octanol–water partition coefficient (Wildman–Crippen LogP) is 24.6. The monoisotopic (exact) mass is 1460 g/mol. The highest BCUT2D eigenvalue weighted by Gasteiger charge is 2.14. The van der Waals surface area contributed by atoms with Crippen molar-refractivity contribution in [2.45, 2.75) is 349 Å². The van der Waals surface area contributed by atoms with Gasteiger partial charge in [0.2, 0.25) is 0 Å². The molecule has 0 radical (unpaired) electrons. The zero-order valence-corrected chi connectivity index (χ0v) is 74.6. The lowest BCUT2D eigenvalue weighted by atomic mass is 10.0. The molecule has 0 fully saturated rings. The van der Waals surface area contributed by atoms with E-state index >= 15 is 0 Å². The third-order valence-corrected chi connectivity index (χ3v) is 13.3. The standard InChI is InChI=1S/C10H17N.2C9H16N2.3C8H15N3.C7H10N2.C6H10N2.C5H5N.4C4H10/c1-7(2)9-5-10(8(3)4)11-6-9;1-7(2)9-5-10-11(6-9)8(3)4;1-7(2)9-5-6-11(10-9)8(3)4;2*1-6(2)8-5-11(7(3)4)10-9-8;1-6(2)8-5-9-11(10-8)7(3)4;1-6(2)7-8-4-3-5-9-7;1-6(2)8-5-3-4-7-8;1-2-4-6-5-3-1;4*1-4(2)3/h5,7-8H,6H2,1-4H3;2*5-8H,1-4H3;3*5-7H,1-4H3;3-6H,1-2H3;3-6H,1-2H3;1-5H;4*4H,1-3H3. The van der Waals surface area contributed by atoms with E-state index in [-0.39, 0.29) is 0 Å². The summed E-state index contributed by atoms with van der Waals surface area (Å²) >= 11 is 0. The molecule has 0 N–H and O–H groups in total. The van der Waals surface area contributed by atoms with Crippen molar-refractivity contribution in [1.29, 1.82) is 0 Å². The fraction of sp³-hybridized carbons (Fsp3) is 0.686. The van der Waals surface area contributed by atoms with Crippen molar-refractivity contribution in [3.63, 3.8) is 0 Å². The van der Waals surface area contributed by atoms with E-state index in [4.69, 9.17) is 0 Å². The van der Waals surface area contributed by atoms with Gasteiger partial charge in [-0.1, -0.05) is 210 Å². The number of hydrogen-bond donors (Lipinski definition) is 0. The Hall–Kier alpha value is -7.31. The van der Waals surface area contributed by atoms with Crippen LogP contribution in [0.2, 0.25) is 0 Å². The minimum Gasteiger partial charge on any atom is -0.285 e. The number of allylic oxidation sites excluding steroid dienone is 1. The molecule has 0 spiro atoms. The summed E-state index contributed by atoms with van der Waals surface area (Å²) in [5.74, 6) is 8.48. The van der Waals surface area contributed by atoms with Crippen molar-refractivity contribution in [1.82, 2.24) is 89.3 Å². The summed E-state index contributed by atoms with van der Waals surface area (Å²) in [5.41, 5.74) is 8.45. The Labute approximate surface area is 644 Å². The first-order valence-corrected chi connectivity index (χ1v) is 39.4. The minimum atomic E-state index is 0.363. The molecule has 1 aliphatic heterocycles. The molecule has 0 unspecified atom stereocenters. The van der Waals surface area contributed by atoms with Crippen LogP contribution in [-0.4, -0.2) is 102 Å². The van der Waals surface area contributed by atoms with E-state index in [2.05, 4.69) is 361 Å². The summed E-state index contributed by atoms with van der Waals surface area (Å²) in [6.07, 6.45) is 25.0. The molecule has 19 nitrogen and oxygen atoms in total. The van der Waals surface area contributed by atoms with E-state index in [1.54, 1.807) is 35.8 Å². The van der Waals surface area contributed by atoms with Crippen LogP contribution in [0.1, 0.15) is 383 Å². The van der Waals surface area contributed by atoms with Gasteiger partial charge < -0.3 is 0 Å². The SMILES string of the molecule is CC(C)C.CC(C)C.CC(C)C.CC(C)C.CC(C)C1=CC(C(C)C)=NC1.CC(C)c1ccn(C(C)C)n1.CC(C)c1cn(C(C)C)nn1.CC(C)c1cn(C(C)C)nn1.CC(C)c1cnn(C(C)C)c1.CC(C)c1cnn(C(C)C)n1.CC(C)c1ncccn1.CC(C)n1cccn1.c1ccncc1. The number of aliphatic imine (C=N–C) groups is 1. The van der Waals surface area contributed by atoms with Gasteiger partial charge in [0.25, 0.3) is 0 Å². The number of nitrogens with zero attached hydrogens (tertiary/aromatic N) is 19. The van der Waals surface area contributed by atoms with Gasteiger partial charge in [0.05, 0.1) is 47.8 Å². The number of rotatable bonds is 14. The molecule has 0 aromatic carbocycles. The van der Waals surface area contributed by atoms with Gasteiger partial charge >= 0.3 is 0 Å². The molecule has 0 saturated heterocycles. The van der Waals surface area contributed by atoms with Gasteiger partial charge in [-0.25, -0.2) is 19.3 Å². The second-order valence-electron chi connectivity index (χ2n) is 33.1. The summed E-state index contributed by atoms with van der Waals surface area (Å²) < 4.78 is 9.68. The van der Waals surface area contributed by atoms with Crippen LogP contribution in [0.3, 0.4) is 0 Å². The van der Waals surface area contributed by atoms with Crippen LogP contribution in [0.25, 0.3) is 0 Å². The summed E-state index contributed by atoms with van der Waals surface area (Å²) in [7, 11) is 0. The fourth-order valence-corrected chi connectivity index (χ4v) is 6.97. The average molecular weight is 1460 g/mol. The third kappa shape index (κ3) is 56.7. The van der Waals surface area contributed by atoms with Crippen LogP contribution in [0.4, 0.5) is 0 Å². The highest BCUT2D eigenvalue weighted by molar-refractivity contribution is 5.98. The zero-order chi connectivity index (χ0) is 81.8.